The summed E-state index contributed by atoms with van der Waals surface area (Å²) in [6, 6.07) is 16.3. The molecule has 2 heterocycles. The molecule has 0 unspecified atom stereocenters. The Morgan fingerprint density at radius 2 is 1.81 bits per heavy atom. The van der Waals surface area contributed by atoms with Crippen molar-refractivity contribution in [3.8, 4) is 0 Å². The Morgan fingerprint density at radius 3 is 2.51 bits per heavy atom. The quantitative estimate of drug-likeness (QED) is 0.364. The van der Waals surface area contributed by atoms with Gasteiger partial charge in [-0.15, -0.1) is 0 Å². The van der Waals surface area contributed by atoms with Crippen LogP contribution in [-0.2, 0) is 18.4 Å². The number of hydrogen-bond acceptors (Lipinski definition) is 4. The molecule has 1 aliphatic heterocycles. The summed E-state index contributed by atoms with van der Waals surface area (Å²) in [5.74, 6) is 2.12. The lowest BCUT2D eigenvalue weighted by Crippen LogP contribution is -2.48. The Bertz CT molecular complexity index is 1350. The summed E-state index contributed by atoms with van der Waals surface area (Å²) < 4.78 is 0. The van der Waals surface area contributed by atoms with Crippen LogP contribution in [0.4, 0.5) is 17.2 Å². The maximum Gasteiger partial charge on any atom is 0.339 e. The Kier molecular flexibility index (Phi) is 5.47. The van der Waals surface area contributed by atoms with Crippen molar-refractivity contribution in [2.45, 2.75) is 56.9 Å². The topological polar surface area (TPSA) is 65.5 Å². The van der Waals surface area contributed by atoms with Crippen molar-refractivity contribution in [1.29, 1.82) is 0 Å². The predicted molar refractivity (Wildman–Crippen MR) is 147 cm³/mol. The number of fused-ring (bicyclic) bond motifs is 1. The van der Waals surface area contributed by atoms with Gasteiger partial charge in [0.15, 0.2) is 0 Å². The smallest absolute Gasteiger partial charge is 0.339 e. The fourth-order valence-corrected chi connectivity index (χ4v) is 8.42. The number of carboxylic acids is 1. The van der Waals surface area contributed by atoms with Crippen LogP contribution in [0.25, 0.3) is 0 Å². The lowest BCUT2D eigenvalue weighted by atomic mass is 9.48. The molecular formula is C31H32ClN3O2. The van der Waals surface area contributed by atoms with Gasteiger partial charge in [-0.05, 0) is 115 Å². The highest BCUT2D eigenvalue weighted by Gasteiger charge is 2.51. The van der Waals surface area contributed by atoms with Crippen LogP contribution in [0.15, 0.2) is 54.7 Å². The van der Waals surface area contributed by atoms with E-state index in [-0.39, 0.29) is 5.56 Å². The molecule has 0 spiro atoms. The molecule has 8 rings (SSSR count). The second-order valence-corrected chi connectivity index (χ2v) is 12.3. The molecule has 5 nitrogen and oxygen atoms in total. The van der Waals surface area contributed by atoms with Crippen molar-refractivity contribution in [3.05, 3.63) is 82.0 Å². The molecule has 0 radical (unpaired) electrons. The molecule has 0 amide bonds. The first-order chi connectivity index (χ1) is 18.0. The Morgan fingerprint density at radius 1 is 1.05 bits per heavy atom. The van der Waals surface area contributed by atoms with E-state index in [9.17, 15) is 9.90 Å². The van der Waals surface area contributed by atoms with Gasteiger partial charge in [-0.1, -0.05) is 29.8 Å². The maximum absolute atomic E-state index is 11.6. The Balaban J connectivity index is 1.11. The average Bonchev–Trinajstić information content (AvgIpc) is 3.26. The van der Waals surface area contributed by atoms with E-state index in [0.717, 1.165) is 48.0 Å². The molecule has 6 heteroatoms. The van der Waals surface area contributed by atoms with E-state index in [0.29, 0.717) is 11.2 Å². The lowest BCUT2D eigenvalue weighted by Gasteiger charge is -2.57. The molecule has 4 fully saturated rings. The molecule has 0 saturated heterocycles. The first kappa shape index (κ1) is 23.1. The van der Waals surface area contributed by atoms with E-state index >= 15 is 0 Å². The number of pyridine rings is 1. The second kappa shape index (κ2) is 8.76. The Labute approximate surface area is 222 Å². The van der Waals surface area contributed by atoms with Crippen LogP contribution in [0, 0.1) is 17.8 Å². The molecule has 0 atom stereocenters. The van der Waals surface area contributed by atoms with E-state index in [1.54, 1.807) is 18.3 Å². The van der Waals surface area contributed by atoms with Gasteiger partial charge in [0.2, 0.25) is 0 Å². The van der Waals surface area contributed by atoms with Gasteiger partial charge in [0, 0.05) is 35.7 Å². The minimum absolute atomic E-state index is 0.158. The molecule has 1 aromatic heterocycles. The highest BCUT2D eigenvalue weighted by molar-refractivity contribution is 6.31. The summed E-state index contributed by atoms with van der Waals surface area (Å²) in [7, 11) is 0. The van der Waals surface area contributed by atoms with Gasteiger partial charge in [0.25, 0.3) is 0 Å². The molecule has 5 aliphatic rings. The maximum atomic E-state index is 11.6. The molecule has 190 valence electrons. The fourth-order valence-electron chi connectivity index (χ4n) is 8.18. The van der Waals surface area contributed by atoms with Crippen molar-refractivity contribution in [1.82, 2.24) is 4.98 Å². The largest absolute Gasteiger partial charge is 0.478 e. The highest BCUT2D eigenvalue weighted by atomic mass is 35.5. The monoisotopic (exact) mass is 513 g/mol. The number of carboxylic acid groups (broad SMARTS) is 1. The summed E-state index contributed by atoms with van der Waals surface area (Å²) in [6.45, 7) is 1.70. The van der Waals surface area contributed by atoms with E-state index in [4.69, 9.17) is 11.6 Å². The molecule has 4 aliphatic carbocycles. The number of carbonyl (C=O) groups is 1. The van der Waals surface area contributed by atoms with Crippen LogP contribution >= 0.6 is 11.6 Å². The molecule has 4 bridgehead atoms. The highest BCUT2D eigenvalue weighted by Crippen LogP contribution is 2.60. The van der Waals surface area contributed by atoms with Gasteiger partial charge in [-0.2, -0.15) is 0 Å². The summed E-state index contributed by atoms with van der Waals surface area (Å²) in [5, 5.41) is 13.6. The van der Waals surface area contributed by atoms with Crippen LogP contribution in [-0.4, -0.2) is 22.6 Å². The number of aromatic nitrogens is 1. The summed E-state index contributed by atoms with van der Waals surface area (Å²) in [6.07, 6.45) is 11.0. The van der Waals surface area contributed by atoms with Crippen LogP contribution < -0.4 is 10.2 Å². The zero-order chi connectivity index (χ0) is 25.1. The van der Waals surface area contributed by atoms with Crippen molar-refractivity contribution in [2.75, 3.05) is 16.8 Å². The third kappa shape index (κ3) is 4.08. The zero-order valence-electron chi connectivity index (χ0n) is 20.9. The fraction of sp³-hybridized carbons (Fsp3) is 0.419. The minimum Gasteiger partial charge on any atom is -0.478 e. The first-order valence-corrected chi connectivity index (χ1v) is 14.0. The third-order valence-corrected chi connectivity index (χ3v) is 9.79. The van der Waals surface area contributed by atoms with Gasteiger partial charge < -0.3 is 15.3 Å². The number of benzene rings is 2. The normalized spacial score (nSPS) is 27.4. The SMILES string of the molecule is O=C(O)c1cccnc1Nc1ccc2c(c1)N(Cc1ccc(C34CC5CC(CC(C5)C3)C4)cc1Cl)CC2. The van der Waals surface area contributed by atoms with E-state index in [2.05, 4.69) is 45.5 Å². The summed E-state index contributed by atoms with van der Waals surface area (Å²) in [4.78, 5) is 18.2. The number of nitrogens with zero attached hydrogens (tertiary/aromatic N) is 2. The molecular weight excluding hydrogens is 482 g/mol. The van der Waals surface area contributed by atoms with Gasteiger partial charge in [0.05, 0.1) is 0 Å². The van der Waals surface area contributed by atoms with Crippen LogP contribution in [0.1, 0.15) is 65.6 Å². The predicted octanol–water partition coefficient (Wildman–Crippen LogP) is 7.21. The first-order valence-electron chi connectivity index (χ1n) is 13.6. The van der Waals surface area contributed by atoms with E-state index in [1.807, 2.05) is 6.07 Å². The number of nitrogens with one attached hydrogen (secondary N) is 1. The molecule has 37 heavy (non-hydrogen) atoms. The van der Waals surface area contributed by atoms with Crippen LogP contribution in [0.5, 0.6) is 0 Å². The van der Waals surface area contributed by atoms with Gasteiger partial charge in [-0.25, -0.2) is 9.78 Å². The van der Waals surface area contributed by atoms with Crippen LogP contribution in [0.2, 0.25) is 5.02 Å². The third-order valence-electron chi connectivity index (χ3n) is 9.44. The number of rotatable bonds is 6. The van der Waals surface area contributed by atoms with Crippen molar-refractivity contribution in [3.63, 3.8) is 0 Å². The van der Waals surface area contributed by atoms with E-state index in [1.165, 1.54) is 60.9 Å². The number of anilines is 3. The Hall–Kier alpha value is -3.05. The summed E-state index contributed by atoms with van der Waals surface area (Å²) >= 11 is 6.96. The minimum atomic E-state index is -0.995. The van der Waals surface area contributed by atoms with Crippen LogP contribution in [0.3, 0.4) is 0 Å². The van der Waals surface area contributed by atoms with Gasteiger partial charge in [-0.3, -0.25) is 0 Å². The van der Waals surface area contributed by atoms with Crippen molar-refractivity contribution >= 4 is 34.8 Å². The van der Waals surface area contributed by atoms with Gasteiger partial charge >= 0.3 is 5.97 Å². The van der Waals surface area contributed by atoms with Crippen molar-refractivity contribution < 1.29 is 9.90 Å². The standard InChI is InChI=1S/C31H32ClN3O2/c32-27-13-24(31-15-19-10-20(16-31)12-21(11-19)17-31)5-3-23(27)18-35-9-7-22-4-6-25(14-28(22)35)34-29-26(30(36)37)2-1-8-33-29/h1-6,8,13-14,19-21H,7,9-12,15-18H2,(H,33,34)(H,36,37). The van der Waals surface area contributed by atoms with Gasteiger partial charge in [0.1, 0.15) is 11.4 Å². The van der Waals surface area contributed by atoms with E-state index < -0.39 is 5.97 Å². The molecule has 3 aromatic rings. The second-order valence-electron chi connectivity index (χ2n) is 11.8. The number of halogens is 1. The molecule has 2 aromatic carbocycles. The number of aromatic carboxylic acids is 1. The molecule has 2 N–H and O–H groups in total. The molecule has 4 saturated carbocycles. The number of hydrogen-bond donors (Lipinski definition) is 2. The van der Waals surface area contributed by atoms with Crippen molar-refractivity contribution in [2.24, 2.45) is 17.8 Å². The zero-order valence-corrected chi connectivity index (χ0v) is 21.7. The average molecular weight is 514 g/mol. The summed E-state index contributed by atoms with van der Waals surface area (Å²) in [5.41, 5.74) is 6.45. The lowest BCUT2D eigenvalue weighted by molar-refractivity contribution is -0.00519.